The fourth-order valence-corrected chi connectivity index (χ4v) is 3.52. The van der Waals surface area contributed by atoms with E-state index in [0.717, 1.165) is 43.1 Å². The van der Waals surface area contributed by atoms with E-state index in [2.05, 4.69) is 27.5 Å². The van der Waals surface area contributed by atoms with E-state index in [-0.39, 0.29) is 11.0 Å². The van der Waals surface area contributed by atoms with Crippen LogP contribution in [0.3, 0.4) is 0 Å². The third-order valence-corrected chi connectivity index (χ3v) is 5.03. The van der Waals surface area contributed by atoms with E-state index < -0.39 is 0 Å². The maximum Gasteiger partial charge on any atom is 0.250 e. The number of nitrogens with one attached hydrogen (secondary N) is 2. The molecule has 0 bridgehead atoms. The molecular weight excluding hydrogens is 392 g/mol. The molecule has 1 heterocycles. The van der Waals surface area contributed by atoms with E-state index in [1.54, 1.807) is 6.08 Å². The summed E-state index contributed by atoms with van der Waals surface area (Å²) in [5.74, 6) is -0.287. The number of hydrogen-bond acceptors (Lipinski definition) is 4. The molecule has 0 atom stereocenters. The predicted molar refractivity (Wildman–Crippen MR) is 121 cm³/mol. The molecule has 5 nitrogen and oxygen atoms in total. The van der Waals surface area contributed by atoms with Crippen molar-refractivity contribution in [2.24, 2.45) is 0 Å². The van der Waals surface area contributed by atoms with Gasteiger partial charge in [-0.2, -0.15) is 0 Å². The van der Waals surface area contributed by atoms with Crippen molar-refractivity contribution in [2.45, 2.75) is 0 Å². The second kappa shape index (κ2) is 9.68. The molecule has 2 N–H and O–H groups in total. The van der Waals surface area contributed by atoms with Gasteiger partial charge >= 0.3 is 0 Å². The van der Waals surface area contributed by atoms with Gasteiger partial charge in [-0.3, -0.25) is 10.1 Å². The van der Waals surface area contributed by atoms with Crippen molar-refractivity contribution in [3.8, 4) is 0 Å². The maximum atomic E-state index is 12.1. The van der Waals surface area contributed by atoms with Crippen molar-refractivity contribution in [1.29, 1.82) is 0 Å². The number of thiocarbonyl (C=S) groups is 1. The fourth-order valence-electron chi connectivity index (χ4n) is 3.01. The number of likely N-dealkylation sites (N-methyl/N-ethyl adjacent to an activating group) is 1. The molecule has 28 heavy (non-hydrogen) atoms. The summed E-state index contributed by atoms with van der Waals surface area (Å²) in [4.78, 5) is 16.7. The predicted octanol–water partition coefficient (Wildman–Crippen LogP) is 3.62. The van der Waals surface area contributed by atoms with Crippen LogP contribution in [0.4, 0.5) is 11.4 Å². The minimum absolute atomic E-state index is 0.236. The Labute approximate surface area is 176 Å². The molecule has 0 aliphatic carbocycles. The van der Waals surface area contributed by atoms with Crippen molar-refractivity contribution in [3.63, 3.8) is 0 Å². The average Bonchev–Trinajstić information content (AvgIpc) is 2.68. The number of nitrogens with zero attached hydrogens (tertiary/aromatic N) is 2. The molecule has 1 aliphatic rings. The van der Waals surface area contributed by atoms with Gasteiger partial charge in [-0.1, -0.05) is 48.0 Å². The van der Waals surface area contributed by atoms with E-state index in [9.17, 15) is 4.79 Å². The number of piperazine rings is 1. The lowest BCUT2D eigenvalue weighted by atomic mass is 10.2. The third-order valence-electron chi connectivity index (χ3n) is 4.52. The molecule has 1 fully saturated rings. The largest absolute Gasteiger partial charge is 0.366 e. The Hall–Kier alpha value is -2.41. The van der Waals surface area contributed by atoms with Gasteiger partial charge in [0.05, 0.1) is 16.4 Å². The minimum atomic E-state index is -0.287. The lowest BCUT2D eigenvalue weighted by Gasteiger charge is -2.35. The summed E-state index contributed by atoms with van der Waals surface area (Å²) in [6, 6.07) is 15.3. The SMILES string of the molecule is CN1CCN(c2c(Cl)cccc2NC(=S)NC(=O)/C=C/c2ccccc2)CC1. The number of anilines is 2. The quantitative estimate of drug-likeness (QED) is 0.591. The first-order chi connectivity index (χ1) is 13.5. The van der Waals surface area contributed by atoms with Gasteiger partial charge in [0.25, 0.3) is 0 Å². The first kappa shape index (κ1) is 20.3. The van der Waals surface area contributed by atoms with Crippen molar-refractivity contribution in [1.82, 2.24) is 10.2 Å². The molecule has 1 aliphatic heterocycles. The number of amides is 1. The molecule has 1 saturated heterocycles. The highest BCUT2D eigenvalue weighted by Gasteiger charge is 2.20. The topological polar surface area (TPSA) is 47.6 Å². The molecule has 1 amide bonds. The summed E-state index contributed by atoms with van der Waals surface area (Å²) in [5.41, 5.74) is 2.65. The van der Waals surface area contributed by atoms with Crippen LogP contribution in [0.2, 0.25) is 5.02 Å². The second-order valence-corrected chi connectivity index (χ2v) is 7.43. The summed E-state index contributed by atoms with van der Waals surface area (Å²) in [7, 11) is 2.11. The zero-order chi connectivity index (χ0) is 19.9. The summed E-state index contributed by atoms with van der Waals surface area (Å²) in [6.45, 7) is 3.70. The van der Waals surface area contributed by atoms with Crippen LogP contribution in [0, 0.1) is 0 Å². The van der Waals surface area contributed by atoms with Crippen LogP contribution in [0.25, 0.3) is 6.08 Å². The first-order valence-corrected chi connectivity index (χ1v) is 9.88. The van der Waals surface area contributed by atoms with Gasteiger partial charge in [0.15, 0.2) is 5.11 Å². The molecule has 0 spiro atoms. The zero-order valence-corrected chi connectivity index (χ0v) is 17.3. The van der Waals surface area contributed by atoms with Gasteiger partial charge in [0.2, 0.25) is 5.91 Å². The van der Waals surface area contributed by atoms with Gasteiger partial charge in [0.1, 0.15) is 0 Å². The van der Waals surface area contributed by atoms with Crippen LogP contribution in [0.15, 0.2) is 54.6 Å². The zero-order valence-electron chi connectivity index (χ0n) is 15.7. The van der Waals surface area contributed by atoms with E-state index in [4.69, 9.17) is 23.8 Å². The molecule has 2 aromatic rings. The normalized spacial score (nSPS) is 14.9. The van der Waals surface area contributed by atoms with E-state index >= 15 is 0 Å². The molecule has 0 saturated carbocycles. The lowest BCUT2D eigenvalue weighted by Crippen LogP contribution is -2.45. The number of carbonyl (C=O) groups is 1. The fraction of sp³-hybridized carbons (Fsp3) is 0.238. The van der Waals surface area contributed by atoms with E-state index in [1.807, 2.05) is 48.5 Å². The van der Waals surface area contributed by atoms with Crippen LogP contribution in [-0.4, -0.2) is 49.1 Å². The standard InChI is InChI=1S/C21H23ClN4OS/c1-25-12-14-26(15-13-25)20-17(22)8-5-9-18(20)23-21(28)24-19(27)11-10-16-6-3-2-4-7-16/h2-11H,12-15H2,1H3,(H2,23,24,27,28)/b11-10+. The van der Waals surface area contributed by atoms with Crippen LogP contribution < -0.4 is 15.5 Å². The van der Waals surface area contributed by atoms with Crippen LogP contribution in [-0.2, 0) is 4.79 Å². The van der Waals surface area contributed by atoms with Crippen molar-refractivity contribution in [3.05, 3.63) is 65.2 Å². The maximum absolute atomic E-state index is 12.1. The third kappa shape index (κ3) is 5.55. The highest BCUT2D eigenvalue weighted by molar-refractivity contribution is 7.80. The second-order valence-electron chi connectivity index (χ2n) is 6.61. The summed E-state index contributed by atoms with van der Waals surface area (Å²) >= 11 is 11.8. The lowest BCUT2D eigenvalue weighted by molar-refractivity contribution is -0.115. The first-order valence-electron chi connectivity index (χ1n) is 9.10. The molecule has 2 aromatic carbocycles. The Morgan fingerprint density at radius 3 is 2.50 bits per heavy atom. The smallest absolute Gasteiger partial charge is 0.250 e. The number of carbonyl (C=O) groups excluding carboxylic acids is 1. The summed E-state index contributed by atoms with van der Waals surface area (Å²) in [5, 5.41) is 6.69. The summed E-state index contributed by atoms with van der Waals surface area (Å²) in [6.07, 6.45) is 3.20. The Balaban J connectivity index is 1.64. The molecule has 3 rings (SSSR count). The van der Waals surface area contributed by atoms with Gasteiger partial charge in [-0.15, -0.1) is 0 Å². The Bertz CT molecular complexity index is 864. The molecular formula is C21H23ClN4OS. The summed E-state index contributed by atoms with van der Waals surface area (Å²) < 4.78 is 0. The van der Waals surface area contributed by atoms with Gasteiger partial charge in [-0.05, 0) is 43.0 Å². The Morgan fingerprint density at radius 2 is 1.79 bits per heavy atom. The number of rotatable bonds is 4. The van der Waals surface area contributed by atoms with Crippen LogP contribution in [0.5, 0.6) is 0 Å². The number of para-hydroxylation sites is 1. The molecule has 0 aromatic heterocycles. The van der Waals surface area contributed by atoms with E-state index in [1.165, 1.54) is 6.08 Å². The molecule has 0 unspecified atom stereocenters. The Kier molecular flexibility index (Phi) is 7.03. The number of hydrogen-bond donors (Lipinski definition) is 2. The van der Waals surface area contributed by atoms with Crippen molar-refractivity contribution in [2.75, 3.05) is 43.4 Å². The van der Waals surface area contributed by atoms with Crippen molar-refractivity contribution < 1.29 is 4.79 Å². The number of benzene rings is 2. The van der Waals surface area contributed by atoms with Crippen LogP contribution >= 0.6 is 23.8 Å². The average molecular weight is 415 g/mol. The number of halogens is 1. The van der Waals surface area contributed by atoms with E-state index in [0.29, 0.717) is 5.02 Å². The van der Waals surface area contributed by atoms with Crippen molar-refractivity contribution >= 4 is 52.3 Å². The molecule has 0 radical (unpaired) electrons. The van der Waals surface area contributed by atoms with Gasteiger partial charge in [-0.25, -0.2) is 0 Å². The molecule has 7 heteroatoms. The highest BCUT2D eigenvalue weighted by Crippen LogP contribution is 2.34. The highest BCUT2D eigenvalue weighted by atomic mass is 35.5. The monoisotopic (exact) mass is 414 g/mol. The van der Waals surface area contributed by atoms with Gasteiger partial charge < -0.3 is 15.1 Å². The Morgan fingerprint density at radius 1 is 1.07 bits per heavy atom. The van der Waals surface area contributed by atoms with Crippen LogP contribution in [0.1, 0.15) is 5.56 Å². The minimum Gasteiger partial charge on any atom is -0.366 e. The molecule has 146 valence electrons. The van der Waals surface area contributed by atoms with Gasteiger partial charge in [0, 0.05) is 32.3 Å².